The second-order valence-corrected chi connectivity index (χ2v) is 5.42. The van der Waals surface area contributed by atoms with E-state index in [1.807, 2.05) is 0 Å². The Morgan fingerprint density at radius 3 is 2.44 bits per heavy atom. The zero-order valence-corrected chi connectivity index (χ0v) is 11.3. The second kappa shape index (κ2) is 5.56. The maximum atomic E-state index is 11.9. The van der Waals surface area contributed by atoms with Crippen molar-refractivity contribution in [2.45, 2.75) is 38.8 Å². The van der Waals surface area contributed by atoms with Crippen LogP contribution in [0.2, 0.25) is 0 Å². The van der Waals surface area contributed by atoms with Crippen LogP contribution in [0.15, 0.2) is 0 Å². The largest absolute Gasteiger partial charge is 0.469 e. The average molecular weight is 259 g/mol. The van der Waals surface area contributed by atoms with Crippen molar-refractivity contribution >= 4 is 12.1 Å². The minimum absolute atomic E-state index is 0.188. The Morgan fingerprint density at radius 1 is 1.39 bits per heavy atom. The zero-order chi connectivity index (χ0) is 13.9. The van der Waals surface area contributed by atoms with Gasteiger partial charge >= 0.3 is 12.1 Å². The molecule has 18 heavy (non-hydrogen) atoms. The summed E-state index contributed by atoms with van der Waals surface area (Å²) in [5.41, 5.74) is -0.597. The molecule has 0 bridgehead atoms. The average Bonchev–Trinajstić information content (AvgIpc) is 2.69. The van der Waals surface area contributed by atoms with Gasteiger partial charge in [0, 0.05) is 6.54 Å². The van der Waals surface area contributed by atoms with Crippen molar-refractivity contribution in [1.82, 2.24) is 4.90 Å². The van der Waals surface area contributed by atoms with E-state index in [2.05, 4.69) is 4.74 Å². The molecular weight excluding hydrogens is 238 g/mol. The second-order valence-electron chi connectivity index (χ2n) is 5.42. The molecule has 0 radical (unpaired) electrons. The summed E-state index contributed by atoms with van der Waals surface area (Å²) in [6.07, 6.45) is -0.101. The normalized spacial score (nSPS) is 23.9. The van der Waals surface area contributed by atoms with E-state index in [1.165, 1.54) is 12.0 Å². The van der Waals surface area contributed by atoms with Crippen molar-refractivity contribution < 1.29 is 24.2 Å². The summed E-state index contributed by atoms with van der Waals surface area (Å²) in [7, 11) is 1.31. The molecule has 6 heteroatoms. The Hall–Kier alpha value is -1.30. The summed E-state index contributed by atoms with van der Waals surface area (Å²) in [6, 6.07) is -0.385. The highest BCUT2D eigenvalue weighted by Crippen LogP contribution is 2.26. The van der Waals surface area contributed by atoms with Crippen LogP contribution in [0, 0.1) is 5.92 Å². The van der Waals surface area contributed by atoms with E-state index in [4.69, 9.17) is 4.74 Å². The fraction of sp³-hybridized carbons (Fsp3) is 0.833. The standard InChI is InChI=1S/C12H21NO5/c1-12(2,3)18-11(16)13-6-8(10(15)17-4)5-9(13)7-14/h8-9,14H,5-7H2,1-4H3/t8?,9-/m0/s1. The summed E-state index contributed by atoms with van der Waals surface area (Å²) >= 11 is 0. The third-order valence-electron chi connectivity index (χ3n) is 2.79. The number of carbonyl (C=O) groups is 2. The van der Waals surface area contributed by atoms with E-state index >= 15 is 0 Å². The van der Waals surface area contributed by atoms with Crippen LogP contribution in [0.1, 0.15) is 27.2 Å². The maximum absolute atomic E-state index is 11.9. The van der Waals surface area contributed by atoms with E-state index in [9.17, 15) is 14.7 Å². The third-order valence-corrected chi connectivity index (χ3v) is 2.79. The number of rotatable bonds is 2. The number of nitrogens with zero attached hydrogens (tertiary/aromatic N) is 1. The van der Waals surface area contributed by atoms with Gasteiger partial charge in [-0.1, -0.05) is 0 Å². The molecule has 0 spiro atoms. The van der Waals surface area contributed by atoms with Crippen LogP contribution in [0.3, 0.4) is 0 Å². The van der Waals surface area contributed by atoms with Crippen molar-refractivity contribution in [3.8, 4) is 0 Å². The SMILES string of the molecule is COC(=O)C1C[C@@H](CO)N(C(=O)OC(C)(C)C)C1. The molecule has 1 aliphatic heterocycles. The van der Waals surface area contributed by atoms with Gasteiger partial charge in [-0.05, 0) is 27.2 Å². The number of likely N-dealkylation sites (tertiary alicyclic amines) is 1. The molecule has 1 rings (SSSR count). The van der Waals surface area contributed by atoms with Crippen LogP contribution in [0.25, 0.3) is 0 Å². The van der Waals surface area contributed by atoms with Crippen LogP contribution >= 0.6 is 0 Å². The third kappa shape index (κ3) is 3.60. The maximum Gasteiger partial charge on any atom is 0.410 e. The number of amides is 1. The molecular formula is C12H21NO5. The summed E-state index contributed by atoms with van der Waals surface area (Å²) in [5.74, 6) is -0.751. The lowest BCUT2D eigenvalue weighted by atomic mass is 10.1. The Morgan fingerprint density at radius 2 is 2.00 bits per heavy atom. The van der Waals surface area contributed by atoms with Gasteiger partial charge in [0.2, 0.25) is 0 Å². The number of aliphatic hydroxyl groups excluding tert-OH is 1. The van der Waals surface area contributed by atoms with E-state index < -0.39 is 11.7 Å². The lowest BCUT2D eigenvalue weighted by Crippen LogP contribution is -2.41. The predicted molar refractivity (Wildman–Crippen MR) is 63.9 cm³/mol. The summed E-state index contributed by atoms with van der Waals surface area (Å²) in [4.78, 5) is 24.8. The Bertz CT molecular complexity index is 323. The highest BCUT2D eigenvalue weighted by atomic mass is 16.6. The molecule has 1 saturated heterocycles. The van der Waals surface area contributed by atoms with Crippen LogP contribution in [-0.4, -0.2) is 54.0 Å². The Kier molecular flexibility index (Phi) is 4.56. The van der Waals surface area contributed by atoms with Crippen LogP contribution in [-0.2, 0) is 14.3 Å². The van der Waals surface area contributed by atoms with Crippen molar-refractivity contribution in [3.05, 3.63) is 0 Å². The van der Waals surface area contributed by atoms with Gasteiger partial charge in [-0.15, -0.1) is 0 Å². The van der Waals surface area contributed by atoms with Crippen molar-refractivity contribution in [3.63, 3.8) is 0 Å². The lowest BCUT2D eigenvalue weighted by molar-refractivity contribution is -0.144. The van der Waals surface area contributed by atoms with Crippen LogP contribution in [0.4, 0.5) is 4.79 Å². The van der Waals surface area contributed by atoms with Crippen molar-refractivity contribution in [1.29, 1.82) is 0 Å². The number of carbonyl (C=O) groups excluding carboxylic acids is 2. The number of hydrogen-bond donors (Lipinski definition) is 1. The molecule has 1 unspecified atom stereocenters. The van der Waals surface area contributed by atoms with Gasteiger partial charge in [0.1, 0.15) is 5.60 Å². The van der Waals surface area contributed by atoms with Gasteiger partial charge in [0.15, 0.2) is 0 Å². The zero-order valence-electron chi connectivity index (χ0n) is 11.3. The van der Waals surface area contributed by atoms with Gasteiger partial charge < -0.3 is 19.5 Å². The van der Waals surface area contributed by atoms with Crippen molar-refractivity contribution in [2.75, 3.05) is 20.3 Å². The fourth-order valence-electron chi connectivity index (χ4n) is 1.97. The predicted octanol–water partition coefficient (Wildman–Crippen LogP) is 0.777. The molecule has 1 amide bonds. The fourth-order valence-corrected chi connectivity index (χ4v) is 1.97. The Labute approximate surface area is 107 Å². The molecule has 0 saturated carbocycles. The molecule has 0 aromatic carbocycles. The minimum Gasteiger partial charge on any atom is -0.469 e. The van der Waals surface area contributed by atoms with Gasteiger partial charge in [-0.3, -0.25) is 4.79 Å². The molecule has 1 aliphatic rings. The van der Waals surface area contributed by atoms with Gasteiger partial charge in [-0.2, -0.15) is 0 Å². The minimum atomic E-state index is -0.597. The van der Waals surface area contributed by atoms with Gasteiger partial charge in [0.25, 0.3) is 0 Å². The molecule has 2 atom stereocenters. The molecule has 0 aromatic rings. The monoisotopic (exact) mass is 259 g/mol. The van der Waals surface area contributed by atoms with E-state index in [-0.39, 0.29) is 31.1 Å². The number of aliphatic hydroxyl groups is 1. The van der Waals surface area contributed by atoms with E-state index in [1.54, 1.807) is 20.8 Å². The molecule has 0 aliphatic carbocycles. The highest BCUT2D eigenvalue weighted by molar-refractivity contribution is 5.76. The molecule has 1 fully saturated rings. The first kappa shape index (κ1) is 14.8. The molecule has 6 nitrogen and oxygen atoms in total. The summed E-state index contributed by atoms with van der Waals surface area (Å²) in [6.45, 7) is 5.35. The van der Waals surface area contributed by atoms with Gasteiger partial charge in [-0.25, -0.2) is 4.79 Å². The van der Waals surface area contributed by atoms with Crippen LogP contribution in [0.5, 0.6) is 0 Å². The smallest absolute Gasteiger partial charge is 0.410 e. The van der Waals surface area contributed by atoms with Crippen LogP contribution < -0.4 is 0 Å². The first-order chi connectivity index (χ1) is 8.28. The van der Waals surface area contributed by atoms with Gasteiger partial charge in [0.05, 0.1) is 25.7 Å². The highest BCUT2D eigenvalue weighted by Gasteiger charge is 2.40. The quantitative estimate of drug-likeness (QED) is 0.741. The molecule has 1 N–H and O–H groups in total. The van der Waals surface area contributed by atoms with Crippen molar-refractivity contribution in [2.24, 2.45) is 5.92 Å². The number of esters is 1. The number of methoxy groups -OCH3 is 1. The Balaban J connectivity index is 2.70. The number of hydrogen-bond acceptors (Lipinski definition) is 5. The topological polar surface area (TPSA) is 76.1 Å². The van der Waals surface area contributed by atoms with E-state index in [0.717, 1.165) is 0 Å². The molecule has 1 heterocycles. The molecule has 0 aromatic heterocycles. The number of ether oxygens (including phenoxy) is 2. The summed E-state index contributed by atoms with van der Waals surface area (Å²) < 4.78 is 9.90. The van der Waals surface area contributed by atoms with E-state index in [0.29, 0.717) is 6.42 Å². The summed E-state index contributed by atoms with van der Waals surface area (Å²) in [5, 5.41) is 9.25. The lowest BCUT2D eigenvalue weighted by Gasteiger charge is -2.27. The first-order valence-corrected chi connectivity index (χ1v) is 5.96. The molecule has 104 valence electrons. The first-order valence-electron chi connectivity index (χ1n) is 5.96.